The molecule has 0 saturated carbocycles. The number of methoxy groups -OCH3 is 2. The summed E-state index contributed by atoms with van der Waals surface area (Å²) < 4.78 is 15.5. The Labute approximate surface area is 97.0 Å². The molecular formula is C8H16INO4. The highest BCUT2D eigenvalue weighted by Gasteiger charge is 2.42. The molecule has 5 unspecified atom stereocenters. The Morgan fingerprint density at radius 1 is 1.50 bits per heavy atom. The summed E-state index contributed by atoms with van der Waals surface area (Å²) >= 11 is 2.12. The van der Waals surface area contributed by atoms with Crippen LogP contribution in [0, 0.1) is 0 Å². The average molecular weight is 317 g/mol. The van der Waals surface area contributed by atoms with E-state index < -0.39 is 18.4 Å². The van der Waals surface area contributed by atoms with Gasteiger partial charge in [0.1, 0.15) is 0 Å². The van der Waals surface area contributed by atoms with Gasteiger partial charge in [0.05, 0.1) is 28.8 Å². The second kappa shape index (κ2) is 5.57. The molecule has 14 heavy (non-hydrogen) atoms. The number of ether oxygens (including phenoxy) is 3. The second-order valence-electron chi connectivity index (χ2n) is 3.25. The van der Waals surface area contributed by atoms with Crippen LogP contribution in [0.15, 0.2) is 0 Å². The van der Waals surface area contributed by atoms with Crippen molar-refractivity contribution in [2.45, 2.75) is 28.5 Å². The van der Waals surface area contributed by atoms with Crippen LogP contribution in [-0.4, -0.2) is 54.4 Å². The maximum atomic E-state index is 9.80. The Morgan fingerprint density at radius 2 is 2.14 bits per heavy atom. The number of aliphatic hydroxyl groups is 1. The standard InChI is InChI=1S/C8H16INO4/c1-12-3-4-5(9)7(11)6(10)8(13-2)14-4/h4-8,11H,3,10H2,1-2H3. The summed E-state index contributed by atoms with van der Waals surface area (Å²) in [4.78, 5) is 0. The van der Waals surface area contributed by atoms with E-state index in [1.807, 2.05) is 0 Å². The number of hydrogen-bond acceptors (Lipinski definition) is 5. The lowest BCUT2D eigenvalue weighted by atomic mass is 10.0. The molecule has 5 nitrogen and oxygen atoms in total. The first-order chi connectivity index (χ1) is 6.61. The maximum Gasteiger partial charge on any atom is 0.175 e. The lowest BCUT2D eigenvalue weighted by Crippen LogP contribution is -2.60. The van der Waals surface area contributed by atoms with Crippen molar-refractivity contribution in [3.8, 4) is 0 Å². The van der Waals surface area contributed by atoms with Gasteiger partial charge in [-0.05, 0) is 0 Å². The summed E-state index contributed by atoms with van der Waals surface area (Å²) in [6, 6.07) is -0.505. The molecule has 1 fully saturated rings. The lowest BCUT2D eigenvalue weighted by molar-refractivity contribution is -0.217. The van der Waals surface area contributed by atoms with Crippen LogP contribution in [0.5, 0.6) is 0 Å². The minimum Gasteiger partial charge on any atom is -0.390 e. The Kier molecular flexibility index (Phi) is 5.01. The zero-order valence-electron chi connectivity index (χ0n) is 8.22. The van der Waals surface area contributed by atoms with Crippen LogP contribution in [-0.2, 0) is 14.2 Å². The van der Waals surface area contributed by atoms with Gasteiger partial charge >= 0.3 is 0 Å². The third-order valence-corrected chi connectivity index (χ3v) is 3.80. The summed E-state index contributed by atoms with van der Waals surface area (Å²) in [7, 11) is 3.10. The second-order valence-corrected chi connectivity index (χ2v) is 4.68. The van der Waals surface area contributed by atoms with E-state index in [0.29, 0.717) is 6.61 Å². The van der Waals surface area contributed by atoms with Gasteiger partial charge in [-0.15, -0.1) is 0 Å². The molecule has 0 amide bonds. The minimum absolute atomic E-state index is 0.0750. The van der Waals surface area contributed by atoms with Gasteiger partial charge in [-0.1, -0.05) is 22.6 Å². The Bertz CT molecular complexity index is 179. The Balaban J connectivity index is 2.63. The van der Waals surface area contributed by atoms with E-state index in [4.69, 9.17) is 19.9 Å². The SMILES string of the molecule is COCC1OC(OC)C(N)C(O)C1I. The van der Waals surface area contributed by atoms with Crippen LogP contribution in [0.2, 0.25) is 0 Å². The van der Waals surface area contributed by atoms with Crippen molar-refractivity contribution in [2.75, 3.05) is 20.8 Å². The van der Waals surface area contributed by atoms with E-state index in [9.17, 15) is 5.11 Å². The van der Waals surface area contributed by atoms with E-state index in [1.54, 1.807) is 7.11 Å². The summed E-state index contributed by atoms with van der Waals surface area (Å²) in [5.41, 5.74) is 5.74. The molecule has 0 aliphatic carbocycles. The number of hydrogen-bond donors (Lipinski definition) is 2. The molecule has 5 atom stereocenters. The van der Waals surface area contributed by atoms with Crippen molar-refractivity contribution in [3.05, 3.63) is 0 Å². The highest BCUT2D eigenvalue weighted by atomic mass is 127. The van der Waals surface area contributed by atoms with Crippen LogP contribution >= 0.6 is 22.6 Å². The molecular weight excluding hydrogens is 301 g/mol. The van der Waals surface area contributed by atoms with Crippen molar-refractivity contribution in [1.29, 1.82) is 0 Å². The summed E-state index contributed by atoms with van der Waals surface area (Å²) in [5.74, 6) is 0. The monoisotopic (exact) mass is 317 g/mol. The highest BCUT2D eigenvalue weighted by Crippen LogP contribution is 2.26. The van der Waals surface area contributed by atoms with Crippen LogP contribution in [0.4, 0.5) is 0 Å². The quantitative estimate of drug-likeness (QED) is 0.542. The molecule has 0 aromatic heterocycles. The molecule has 84 valence electrons. The fourth-order valence-corrected chi connectivity index (χ4v) is 2.30. The van der Waals surface area contributed by atoms with Crippen molar-refractivity contribution in [2.24, 2.45) is 5.73 Å². The first-order valence-electron chi connectivity index (χ1n) is 4.36. The topological polar surface area (TPSA) is 73.9 Å². The first-order valence-corrected chi connectivity index (χ1v) is 5.61. The van der Waals surface area contributed by atoms with Crippen LogP contribution in [0.1, 0.15) is 0 Å². The van der Waals surface area contributed by atoms with Crippen molar-refractivity contribution < 1.29 is 19.3 Å². The molecule has 1 aliphatic rings. The molecule has 0 aromatic rings. The molecule has 0 bridgehead atoms. The fourth-order valence-electron chi connectivity index (χ4n) is 1.44. The predicted octanol–water partition coefficient (Wildman–Crippen LogP) is -0.504. The van der Waals surface area contributed by atoms with Crippen LogP contribution < -0.4 is 5.73 Å². The third-order valence-electron chi connectivity index (χ3n) is 2.26. The Morgan fingerprint density at radius 3 is 2.64 bits per heavy atom. The summed E-state index contributed by atoms with van der Waals surface area (Å²) in [6.07, 6.45) is -1.37. The molecule has 0 aromatic carbocycles. The van der Waals surface area contributed by atoms with Gasteiger partial charge in [0.25, 0.3) is 0 Å². The maximum absolute atomic E-state index is 9.80. The normalized spacial score (nSPS) is 43.9. The van der Waals surface area contributed by atoms with E-state index in [0.717, 1.165) is 0 Å². The fraction of sp³-hybridized carbons (Fsp3) is 1.00. The van der Waals surface area contributed by atoms with Gasteiger partial charge in [0, 0.05) is 14.2 Å². The molecule has 3 N–H and O–H groups in total. The van der Waals surface area contributed by atoms with Crippen molar-refractivity contribution in [1.82, 2.24) is 0 Å². The zero-order valence-corrected chi connectivity index (χ0v) is 10.4. The van der Waals surface area contributed by atoms with E-state index in [-0.39, 0.29) is 10.0 Å². The summed E-state index contributed by atoms with van der Waals surface area (Å²) in [5, 5.41) is 9.80. The van der Waals surface area contributed by atoms with Gasteiger partial charge in [0.2, 0.25) is 0 Å². The molecule has 6 heteroatoms. The molecule has 1 rings (SSSR count). The first kappa shape index (κ1) is 12.6. The number of rotatable bonds is 3. The van der Waals surface area contributed by atoms with Gasteiger partial charge in [-0.3, -0.25) is 0 Å². The van der Waals surface area contributed by atoms with Crippen molar-refractivity contribution in [3.63, 3.8) is 0 Å². The molecule has 1 heterocycles. The molecule has 1 aliphatic heterocycles. The zero-order chi connectivity index (χ0) is 10.7. The van der Waals surface area contributed by atoms with E-state index in [1.165, 1.54) is 7.11 Å². The number of nitrogens with two attached hydrogens (primary N) is 1. The van der Waals surface area contributed by atoms with Gasteiger partial charge in [0.15, 0.2) is 6.29 Å². The smallest absolute Gasteiger partial charge is 0.175 e. The number of alkyl halides is 1. The molecule has 0 spiro atoms. The highest BCUT2D eigenvalue weighted by molar-refractivity contribution is 14.1. The molecule has 1 saturated heterocycles. The summed E-state index contributed by atoms with van der Waals surface area (Å²) in [6.45, 7) is 0.428. The van der Waals surface area contributed by atoms with Gasteiger partial charge in [-0.25, -0.2) is 0 Å². The van der Waals surface area contributed by atoms with Gasteiger partial charge < -0.3 is 25.1 Å². The van der Waals surface area contributed by atoms with E-state index >= 15 is 0 Å². The van der Waals surface area contributed by atoms with Gasteiger partial charge in [-0.2, -0.15) is 0 Å². The number of aliphatic hydroxyl groups excluding tert-OH is 1. The predicted molar refractivity (Wildman–Crippen MR) is 59.3 cm³/mol. The Hall–Kier alpha value is 0.530. The average Bonchev–Trinajstić information content (AvgIpc) is 2.19. The van der Waals surface area contributed by atoms with Crippen molar-refractivity contribution >= 4 is 22.6 Å². The number of halogens is 1. The largest absolute Gasteiger partial charge is 0.390 e. The lowest BCUT2D eigenvalue weighted by Gasteiger charge is -2.40. The third kappa shape index (κ3) is 2.56. The van der Waals surface area contributed by atoms with Crippen LogP contribution in [0.25, 0.3) is 0 Å². The molecule has 0 radical (unpaired) electrons. The minimum atomic E-state index is -0.630. The van der Waals surface area contributed by atoms with E-state index in [2.05, 4.69) is 22.6 Å². The van der Waals surface area contributed by atoms with Crippen LogP contribution in [0.3, 0.4) is 0 Å².